The maximum absolute atomic E-state index is 13.5. The number of fused-ring (bicyclic) bond motifs is 1. The van der Waals surface area contributed by atoms with E-state index in [1.165, 1.54) is 23.0 Å². The van der Waals surface area contributed by atoms with Crippen LogP contribution in [0.1, 0.15) is 35.7 Å². The van der Waals surface area contributed by atoms with Crippen LogP contribution < -0.4 is 5.56 Å². The zero-order valence-electron chi connectivity index (χ0n) is 15.5. The highest BCUT2D eigenvalue weighted by atomic mass is 19.1. The van der Waals surface area contributed by atoms with Crippen molar-refractivity contribution in [2.24, 2.45) is 7.05 Å². The minimum atomic E-state index is -0.291. The highest BCUT2D eigenvalue weighted by Gasteiger charge is 2.31. The number of nitrogens with zero attached hydrogens (tertiary/aromatic N) is 6. The highest BCUT2D eigenvalue weighted by Crippen LogP contribution is 2.37. The largest absolute Gasteiger partial charge is 0.373 e. The Hall–Kier alpha value is -3.40. The number of halogens is 1. The normalized spacial score (nSPS) is 19.2. The monoisotopic (exact) mass is 396 g/mol. The van der Waals surface area contributed by atoms with E-state index in [4.69, 9.17) is 9.26 Å². The standard InChI is InChI=1S/C19H17FN6O3/c1-25-9-21-18-16(25)19(27)26(10-22-18)7-15-23-17(24-29-15)12-6-14(28-8-12)11-3-2-4-13(20)5-11/h2-5,9-10,12,14H,6-8H2,1H3/t12-,14+/m0/s1. The maximum Gasteiger partial charge on any atom is 0.280 e. The Morgan fingerprint density at radius 3 is 3.00 bits per heavy atom. The van der Waals surface area contributed by atoms with E-state index in [2.05, 4.69) is 20.1 Å². The first kappa shape index (κ1) is 17.7. The molecule has 0 bridgehead atoms. The number of aryl methyl sites for hydroxylation is 1. The van der Waals surface area contributed by atoms with Crippen LogP contribution in [0.4, 0.5) is 4.39 Å². The van der Waals surface area contributed by atoms with E-state index < -0.39 is 0 Å². The molecule has 0 N–H and O–H groups in total. The Kier molecular flexibility index (Phi) is 4.20. The van der Waals surface area contributed by atoms with Crippen molar-refractivity contribution in [2.75, 3.05) is 6.61 Å². The molecule has 148 valence electrons. The SMILES string of the molecule is Cn1cnc2ncn(Cc3nc([C@@H]4CO[C@@H](c5cccc(F)c5)C4)no3)c(=O)c21. The van der Waals surface area contributed by atoms with Crippen LogP contribution in [0.15, 0.2) is 46.2 Å². The van der Waals surface area contributed by atoms with Crippen LogP contribution in [0.25, 0.3) is 11.2 Å². The lowest BCUT2D eigenvalue weighted by Gasteiger charge is -2.09. The Labute approximate surface area is 163 Å². The number of hydrogen-bond donors (Lipinski definition) is 0. The first-order valence-electron chi connectivity index (χ1n) is 9.14. The molecule has 0 spiro atoms. The van der Waals surface area contributed by atoms with Crippen LogP contribution in [-0.4, -0.2) is 35.8 Å². The van der Waals surface area contributed by atoms with E-state index in [9.17, 15) is 9.18 Å². The van der Waals surface area contributed by atoms with Gasteiger partial charge in [-0.05, 0) is 24.1 Å². The van der Waals surface area contributed by atoms with Crippen molar-refractivity contribution >= 4 is 11.2 Å². The predicted octanol–water partition coefficient (Wildman–Crippen LogP) is 1.95. The van der Waals surface area contributed by atoms with E-state index in [-0.39, 0.29) is 29.9 Å². The molecule has 0 radical (unpaired) electrons. The van der Waals surface area contributed by atoms with Crippen molar-refractivity contribution < 1.29 is 13.7 Å². The van der Waals surface area contributed by atoms with E-state index >= 15 is 0 Å². The molecule has 10 heteroatoms. The molecular weight excluding hydrogens is 379 g/mol. The average Bonchev–Trinajstić information content (AvgIpc) is 3.44. The van der Waals surface area contributed by atoms with E-state index in [0.717, 1.165) is 5.56 Å². The van der Waals surface area contributed by atoms with Gasteiger partial charge < -0.3 is 13.8 Å². The van der Waals surface area contributed by atoms with Gasteiger partial charge in [-0.3, -0.25) is 9.36 Å². The molecule has 5 rings (SSSR count). The summed E-state index contributed by atoms with van der Waals surface area (Å²) >= 11 is 0. The average molecular weight is 396 g/mol. The van der Waals surface area contributed by atoms with Gasteiger partial charge in [0.15, 0.2) is 17.0 Å². The molecule has 3 aromatic heterocycles. The van der Waals surface area contributed by atoms with Gasteiger partial charge >= 0.3 is 0 Å². The number of imidazole rings is 1. The van der Waals surface area contributed by atoms with Crippen molar-refractivity contribution in [1.29, 1.82) is 0 Å². The smallest absolute Gasteiger partial charge is 0.280 e. The molecule has 4 heterocycles. The quantitative estimate of drug-likeness (QED) is 0.520. The summed E-state index contributed by atoms with van der Waals surface area (Å²) in [5.74, 6) is 0.470. The molecule has 1 saturated heterocycles. The molecule has 1 aliphatic rings. The maximum atomic E-state index is 13.5. The van der Waals surface area contributed by atoms with Gasteiger partial charge in [-0.15, -0.1) is 0 Å². The van der Waals surface area contributed by atoms with Gasteiger partial charge in [0.25, 0.3) is 5.56 Å². The lowest BCUT2D eigenvalue weighted by molar-refractivity contribution is 0.109. The molecule has 1 fully saturated rings. The predicted molar refractivity (Wildman–Crippen MR) is 98.6 cm³/mol. The zero-order valence-corrected chi connectivity index (χ0v) is 15.5. The number of ether oxygens (including phenoxy) is 1. The second-order valence-electron chi connectivity index (χ2n) is 7.06. The minimum Gasteiger partial charge on any atom is -0.373 e. The summed E-state index contributed by atoms with van der Waals surface area (Å²) in [5.41, 5.74) is 1.37. The zero-order chi connectivity index (χ0) is 20.0. The summed E-state index contributed by atoms with van der Waals surface area (Å²) in [6.07, 6.45) is 3.38. The lowest BCUT2D eigenvalue weighted by Crippen LogP contribution is -2.22. The number of hydrogen-bond acceptors (Lipinski definition) is 7. The van der Waals surface area contributed by atoms with Gasteiger partial charge in [0, 0.05) is 13.0 Å². The fourth-order valence-electron chi connectivity index (χ4n) is 3.57. The summed E-state index contributed by atoms with van der Waals surface area (Å²) in [5, 5.41) is 4.05. The van der Waals surface area contributed by atoms with Crippen LogP contribution in [0.2, 0.25) is 0 Å². The summed E-state index contributed by atoms with van der Waals surface area (Å²) in [4.78, 5) is 25.3. The van der Waals surface area contributed by atoms with Gasteiger partial charge in [-0.2, -0.15) is 4.98 Å². The Balaban J connectivity index is 1.33. The van der Waals surface area contributed by atoms with Crippen LogP contribution in [0, 0.1) is 5.82 Å². The van der Waals surface area contributed by atoms with Crippen LogP contribution >= 0.6 is 0 Å². The summed E-state index contributed by atoms with van der Waals surface area (Å²) in [6, 6.07) is 6.38. The Morgan fingerprint density at radius 2 is 2.14 bits per heavy atom. The number of rotatable bonds is 4. The van der Waals surface area contributed by atoms with E-state index in [1.54, 1.807) is 24.0 Å². The van der Waals surface area contributed by atoms with Gasteiger partial charge in [0.05, 0.1) is 19.0 Å². The third-order valence-corrected chi connectivity index (χ3v) is 5.07. The molecule has 1 aliphatic heterocycles. The van der Waals surface area contributed by atoms with Crippen molar-refractivity contribution in [2.45, 2.75) is 25.0 Å². The minimum absolute atomic E-state index is 0.0600. The lowest BCUT2D eigenvalue weighted by atomic mass is 10.00. The number of benzene rings is 1. The van der Waals surface area contributed by atoms with Crippen LogP contribution in [0.3, 0.4) is 0 Å². The first-order chi connectivity index (χ1) is 14.1. The fraction of sp³-hybridized carbons (Fsp3) is 0.316. The molecular formula is C19H17FN6O3. The molecule has 0 aliphatic carbocycles. The van der Waals surface area contributed by atoms with Crippen LogP contribution in [0.5, 0.6) is 0 Å². The summed E-state index contributed by atoms with van der Waals surface area (Å²) in [6.45, 7) is 0.531. The van der Waals surface area contributed by atoms with Gasteiger partial charge in [0.1, 0.15) is 18.7 Å². The van der Waals surface area contributed by atoms with Crippen LogP contribution in [-0.2, 0) is 18.3 Å². The van der Waals surface area contributed by atoms with Crippen molar-refractivity contribution in [3.8, 4) is 0 Å². The van der Waals surface area contributed by atoms with Crippen molar-refractivity contribution in [1.82, 2.24) is 29.2 Å². The molecule has 2 atom stereocenters. The third-order valence-electron chi connectivity index (χ3n) is 5.07. The molecule has 0 amide bonds. The van der Waals surface area contributed by atoms with Crippen molar-refractivity contribution in [3.05, 3.63) is 70.4 Å². The summed E-state index contributed by atoms with van der Waals surface area (Å²) < 4.78 is 27.6. The van der Waals surface area contributed by atoms with Gasteiger partial charge in [-0.25, -0.2) is 14.4 Å². The van der Waals surface area contributed by atoms with Gasteiger partial charge in [-0.1, -0.05) is 17.3 Å². The first-order valence-corrected chi connectivity index (χ1v) is 9.14. The van der Waals surface area contributed by atoms with Gasteiger partial charge in [0.2, 0.25) is 5.89 Å². The summed E-state index contributed by atoms with van der Waals surface area (Å²) in [7, 11) is 1.74. The van der Waals surface area contributed by atoms with E-state index in [0.29, 0.717) is 35.9 Å². The molecule has 29 heavy (non-hydrogen) atoms. The molecule has 0 saturated carbocycles. The second kappa shape index (κ2) is 6.89. The fourth-order valence-corrected chi connectivity index (χ4v) is 3.57. The van der Waals surface area contributed by atoms with E-state index in [1.807, 2.05) is 6.07 Å². The molecule has 9 nitrogen and oxygen atoms in total. The van der Waals surface area contributed by atoms with Crippen molar-refractivity contribution in [3.63, 3.8) is 0 Å². The Bertz CT molecular complexity index is 1250. The Morgan fingerprint density at radius 1 is 1.28 bits per heavy atom. The number of aromatic nitrogens is 6. The third kappa shape index (κ3) is 3.21. The topological polar surface area (TPSA) is 101 Å². The second-order valence-corrected chi connectivity index (χ2v) is 7.06. The molecule has 1 aromatic carbocycles. The highest BCUT2D eigenvalue weighted by molar-refractivity contribution is 5.68. The molecule has 0 unspecified atom stereocenters. The molecule has 4 aromatic rings.